The van der Waals surface area contributed by atoms with E-state index in [2.05, 4.69) is 15.3 Å². The predicted octanol–water partition coefficient (Wildman–Crippen LogP) is 2.59. The monoisotopic (exact) mass is 315 g/mol. The highest BCUT2D eigenvalue weighted by Crippen LogP contribution is 2.32. The summed E-state index contributed by atoms with van der Waals surface area (Å²) in [5, 5.41) is 4.47. The number of aromatic nitrogens is 2. The van der Waals surface area contributed by atoms with Gasteiger partial charge in [-0.25, -0.2) is 9.97 Å². The van der Waals surface area contributed by atoms with Crippen LogP contribution in [0.15, 0.2) is 24.5 Å². The van der Waals surface area contributed by atoms with Crippen LogP contribution in [-0.2, 0) is 9.47 Å². The van der Waals surface area contributed by atoms with Crippen LogP contribution in [0, 0.1) is 5.92 Å². The van der Waals surface area contributed by atoms with Gasteiger partial charge < -0.3 is 19.5 Å². The molecular weight excluding hydrogens is 294 g/mol. The molecule has 0 radical (unpaired) electrons. The van der Waals surface area contributed by atoms with E-state index in [4.69, 9.17) is 14.2 Å². The second-order valence-corrected chi connectivity index (χ2v) is 6.19. The number of hydrogen-bond acceptors (Lipinski definition) is 6. The first-order valence-corrected chi connectivity index (χ1v) is 8.09. The minimum atomic E-state index is 0.262. The fraction of sp³-hybridized carbons (Fsp3) is 0.529. The van der Waals surface area contributed by atoms with Crippen LogP contribution in [0.3, 0.4) is 0 Å². The normalized spacial score (nSPS) is 26.9. The van der Waals surface area contributed by atoms with Gasteiger partial charge >= 0.3 is 0 Å². The summed E-state index contributed by atoms with van der Waals surface area (Å²) in [7, 11) is 1.67. The molecule has 0 spiro atoms. The van der Waals surface area contributed by atoms with Gasteiger partial charge in [-0.3, -0.25) is 0 Å². The number of anilines is 1. The first-order chi connectivity index (χ1) is 11.3. The van der Waals surface area contributed by atoms with Crippen molar-refractivity contribution in [1.29, 1.82) is 0 Å². The maximum atomic E-state index is 5.65. The Morgan fingerprint density at radius 3 is 3.04 bits per heavy atom. The van der Waals surface area contributed by atoms with Crippen molar-refractivity contribution in [3.05, 3.63) is 24.5 Å². The minimum Gasteiger partial charge on any atom is -0.497 e. The molecule has 2 aromatic rings. The average molecular weight is 315 g/mol. The molecule has 1 aliphatic carbocycles. The van der Waals surface area contributed by atoms with E-state index in [1.807, 2.05) is 18.2 Å². The van der Waals surface area contributed by atoms with Gasteiger partial charge in [0.1, 0.15) is 24.7 Å². The quantitative estimate of drug-likeness (QED) is 0.935. The van der Waals surface area contributed by atoms with Crippen molar-refractivity contribution < 1.29 is 14.2 Å². The Kier molecular flexibility index (Phi) is 4.01. The van der Waals surface area contributed by atoms with Crippen molar-refractivity contribution in [2.75, 3.05) is 25.8 Å². The van der Waals surface area contributed by atoms with Gasteiger partial charge in [-0.1, -0.05) is 0 Å². The molecule has 3 unspecified atom stereocenters. The van der Waals surface area contributed by atoms with Crippen molar-refractivity contribution in [2.45, 2.75) is 31.5 Å². The molecule has 1 N–H and O–H groups in total. The van der Waals surface area contributed by atoms with Crippen LogP contribution in [-0.4, -0.2) is 42.6 Å². The SMILES string of the molecule is COc1ccc2ncnc(NCC3CCC4OCOC4C3)c2c1. The third-order valence-electron chi connectivity index (χ3n) is 4.80. The molecule has 1 saturated heterocycles. The largest absolute Gasteiger partial charge is 0.497 e. The molecule has 0 amide bonds. The Morgan fingerprint density at radius 1 is 1.22 bits per heavy atom. The third-order valence-corrected chi connectivity index (χ3v) is 4.80. The van der Waals surface area contributed by atoms with Crippen LogP contribution in [0.4, 0.5) is 5.82 Å². The number of benzene rings is 1. The molecule has 1 aromatic carbocycles. The summed E-state index contributed by atoms with van der Waals surface area (Å²) in [5.74, 6) is 2.25. The Balaban J connectivity index is 1.47. The lowest BCUT2D eigenvalue weighted by atomic mass is 9.85. The van der Waals surface area contributed by atoms with Crippen LogP contribution in [0.1, 0.15) is 19.3 Å². The number of ether oxygens (including phenoxy) is 3. The molecule has 2 heterocycles. The van der Waals surface area contributed by atoms with E-state index in [1.54, 1.807) is 13.4 Å². The summed E-state index contributed by atoms with van der Waals surface area (Å²) in [5.41, 5.74) is 0.916. The molecule has 23 heavy (non-hydrogen) atoms. The van der Waals surface area contributed by atoms with E-state index in [0.717, 1.165) is 48.3 Å². The van der Waals surface area contributed by atoms with E-state index in [-0.39, 0.29) is 6.10 Å². The molecule has 0 bridgehead atoms. The number of nitrogens with one attached hydrogen (secondary N) is 1. The average Bonchev–Trinajstić information content (AvgIpc) is 3.07. The molecule has 122 valence electrons. The number of hydrogen-bond donors (Lipinski definition) is 1. The number of rotatable bonds is 4. The smallest absolute Gasteiger partial charge is 0.147 e. The van der Waals surface area contributed by atoms with E-state index < -0.39 is 0 Å². The molecule has 2 fully saturated rings. The lowest BCUT2D eigenvalue weighted by Gasteiger charge is -2.29. The van der Waals surface area contributed by atoms with Gasteiger partial charge in [-0.15, -0.1) is 0 Å². The van der Waals surface area contributed by atoms with E-state index >= 15 is 0 Å². The predicted molar refractivity (Wildman–Crippen MR) is 86.5 cm³/mol. The zero-order valence-corrected chi connectivity index (χ0v) is 13.2. The van der Waals surface area contributed by atoms with Crippen LogP contribution >= 0.6 is 0 Å². The maximum absolute atomic E-state index is 5.65. The van der Waals surface area contributed by atoms with Crippen molar-refractivity contribution in [2.24, 2.45) is 5.92 Å². The standard InChI is InChI=1S/C17H21N3O3/c1-21-12-3-4-14-13(7-12)17(20-9-19-14)18-8-11-2-5-15-16(6-11)23-10-22-15/h3-4,7,9,11,15-16H,2,5-6,8,10H2,1H3,(H,18,19,20). The first kappa shape index (κ1) is 14.7. The van der Waals surface area contributed by atoms with Crippen LogP contribution < -0.4 is 10.1 Å². The molecular formula is C17H21N3O3. The van der Waals surface area contributed by atoms with Gasteiger partial charge in [0.2, 0.25) is 0 Å². The number of methoxy groups -OCH3 is 1. The Bertz CT molecular complexity index is 694. The lowest BCUT2D eigenvalue weighted by molar-refractivity contribution is 0.0389. The summed E-state index contributed by atoms with van der Waals surface area (Å²) in [6.07, 6.45) is 5.44. The van der Waals surface area contributed by atoms with E-state index in [1.165, 1.54) is 0 Å². The third kappa shape index (κ3) is 2.96. The van der Waals surface area contributed by atoms with Crippen LogP contribution in [0.2, 0.25) is 0 Å². The topological polar surface area (TPSA) is 65.5 Å². The molecule has 1 aliphatic heterocycles. The van der Waals surface area contributed by atoms with Crippen molar-refractivity contribution in [1.82, 2.24) is 9.97 Å². The van der Waals surface area contributed by atoms with Gasteiger partial charge in [0.15, 0.2) is 0 Å². The summed E-state index contributed by atoms with van der Waals surface area (Å²) in [4.78, 5) is 8.71. The van der Waals surface area contributed by atoms with Crippen molar-refractivity contribution in [3.8, 4) is 5.75 Å². The Labute approximate surface area is 135 Å². The summed E-state index contributed by atoms with van der Waals surface area (Å²) in [6, 6.07) is 5.84. The molecule has 6 nitrogen and oxygen atoms in total. The van der Waals surface area contributed by atoms with Crippen molar-refractivity contribution in [3.63, 3.8) is 0 Å². The van der Waals surface area contributed by atoms with E-state index in [0.29, 0.717) is 18.8 Å². The summed E-state index contributed by atoms with van der Waals surface area (Å²) >= 11 is 0. The van der Waals surface area contributed by atoms with Gasteiger partial charge in [0, 0.05) is 11.9 Å². The first-order valence-electron chi connectivity index (χ1n) is 8.09. The van der Waals surface area contributed by atoms with E-state index in [9.17, 15) is 0 Å². The van der Waals surface area contributed by atoms with Gasteiger partial charge in [-0.05, 0) is 43.4 Å². The fourth-order valence-corrected chi connectivity index (χ4v) is 3.49. The minimum absolute atomic E-state index is 0.262. The van der Waals surface area contributed by atoms with Crippen molar-refractivity contribution >= 4 is 16.7 Å². The molecule has 1 aromatic heterocycles. The van der Waals surface area contributed by atoms with Gasteiger partial charge in [0.25, 0.3) is 0 Å². The van der Waals surface area contributed by atoms with Crippen LogP contribution in [0.25, 0.3) is 10.9 Å². The van der Waals surface area contributed by atoms with Crippen LogP contribution in [0.5, 0.6) is 5.75 Å². The summed E-state index contributed by atoms with van der Waals surface area (Å²) < 4.78 is 16.5. The number of fused-ring (bicyclic) bond motifs is 2. The highest BCUT2D eigenvalue weighted by atomic mass is 16.7. The molecule has 6 heteroatoms. The fourth-order valence-electron chi connectivity index (χ4n) is 3.49. The zero-order chi connectivity index (χ0) is 15.6. The highest BCUT2D eigenvalue weighted by molar-refractivity contribution is 5.89. The highest BCUT2D eigenvalue weighted by Gasteiger charge is 2.35. The Hall–Kier alpha value is -1.92. The molecule has 3 atom stereocenters. The Morgan fingerprint density at radius 2 is 2.13 bits per heavy atom. The summed E-state index contributed by atoms with van der Waals surface area (Å²) in [6.45, 7) is 1.34. The zero-order valence-electron chi connectivity index (χ0n) is 13.2. The molecule has 4 rings (SSSR count). The van der Waals surface area contributed by atoms with Gasteiger partial charge in [-0.2, -0.15) is 0 Å². The molecule has 2 aliphatic rings. The second kappa shape index (κ2) is 6.29. The lowest BCUT2D eigenvalue weighted by Crippen LogP contribution is -2.33. The second-order valence-electron chi connectivity index (χ2n) is 6.19. The maximum Gasteiger partial charge on any atom is 0.147 e. The molecule has 1 saturated carbocycles. The van der Waals surface area contributed by atoms with Gasteiger partial charge in [0.05, 0.1) is 24.8 Å². The number of nitrogens with zero attached hydrogens (tertiary/aromatic N) is 2.